The molecule has 0 spiro atoms. The Balaban J connectivity index is 1.66. The molecule has 114 valence electrons. The lowest BCUT2D eigenvalue weighted by Gasteiger charge is -2.31. The third-order valence-corrected chi connectivity index (χ3v) is 4.57. The molecule has 1 aromatic carbocycles. The van der Waals surface area contributed by atoms with Crippen LogP contribution in [0, 0.1) is 5.82 Å². The zero-order chi connectivity index (χ0) is 14.8. The first kappa shape index (κ1) is 14.5. The van der Waals surface area contributed by atoms with Crippen molar-refractivity contribution in [3.63, 3.8) is 0 Å². The smallest absolute Gasteiger partial charge is 0.236 e. The topological polar surface area (TPSA) is 35.6 Å². The first-order valence-corrected chi connectivity index (χ1v) is 7.63. The first-order valence-electron chi connectivity index (χ1n) is 7.63. The Hall–Kier alpha value is -1.46. The van der Waals surface area contributed by atoms with Crippen LogP contribution in [0.5, 0.6) is 0 Å². The Kier molecular flexibility index (Phi) is 4.22. The van der Waals surface area contributed by atoms with Gasteiger partial charge in [-0.1, -0.05) is 12.1 Å². The molecule has 1 saturated heterocycles. The fraction of sp³-hybridized carbons (Fsp3) is 0.562. The lowest BCUT2D eigenvalue weighted by Crippen LogP contribution is -2.49. The minimum atomic E-state index is -0.114. The van der Waals surface area contributed by atoms with E-state index in [1.165, 1.54) is 6.07 Å². The maximum atomic E-state index is 13.8. The van der Waals surface area contributed by atoms with Crippen LogP contribution >= 0.6 is 0 Å². The molecule has 1 N–H and O–H groups in total. The summed E-state index contributed by atoms with van der Waals surface area (Å²) in [6.07, 6.45) is 1.65. The number of piperazine rings is 1. The van der Waals surface area contributed by atoms with Gasteiger partial charge < -0.3 is 10.2 Å². The van der Waals surface area contributed by atoms with Gasteiger partial charge in [-0.3, -0.25) is 9.69 Å². The third-order valence-electron chi connectivity index (χ3n) is 4.57. The number of fused-ring (bicyclic) bond motifs is 1. The van der Waals surface area contributed by atoms with Crippen molar-refractivity contribution in [1.82, 2.24) is 15.1 Å². The van der Waals surface area contributed by atoms with Crippen LogP contribution in [0.15, 0.2) is 18.2 Å². The summed E-state index contributed by atoms with van der Waals surface area (Å²) in [5.74, 6) is 0.0562. The number of hydrogen-bond donors (Lipinski definition) is 1. The maximum Gasteiger partial charge on any atom is 0.236 e. The van der Waals surface area contributed by atoms with Crippen molar-refractivity contribution in [2.24, 2.45) is 0 Å². The van der Waals surface area contributed by atoms with E-state index in [0.717, 1.165) is 50.1 Å². The summed E-state index contributed by atoms with van der Waals surface area (Å²) < 4.78 is 13.8. The molecular weight excluding hydrogens is 269 g/mol. The minimum Gasteiger partial charge on any atom is -0.339 e. The van der Waals surface area contributed by atoms with Gasteiger partial charge in [-0.25, -0.2) is 4.39 Å². The molecule has 3 rings (SSSR count). The number of amides is 1. The summed E-state index contributed by atoms with van der Waals surface area (Å²) in [6, 6.07) is 5.43. The summed E-state index contributed by atoms with van der Waals surface area (Å²) in [7, 11) is 1.96. The van der Waals surface area contributed by atoms with E-state index >= 15 is 0 Å². The van der Waals surface area contributed by atoms with E-state index in [-0.39, 0.29) is 17.8 Å². The van der Waals surface area contributed by atoms with E-state index in [1.54, 1.807) is 6.07 Å². The van der Waals surface area contributed by atoms with Gasteiger partial charge in [0.05, 0.1) is 6.54 Å². The van der Waals surface area contributed by atoms with Crippen LogP contribution in [-0.2, 0) is 11.2 Å². The van der Waals surface area contributed by atoms with Crippen molar-refractivity contribution in [2.75, 3.05) is 39.8 Å². The molecule has 1 aliphatic heterocycles. The van der Waals surface area contributed by atoms with Crippen LogP contribution in [0.4, 0.5) is 4.39 Å². The minimum absolute atomic E-state index is 0.114. The van der Waals surface area contributed by atoms with E-state index in [1.807, 2.05) is 18.0 Å². The van der Waals surface area contributed by atoms with E-state index in [0.29, 0.717) is 6.54 Å². The number of likely N-dealkylation sites (N-methyl/N-ethyl adjacent to an activating group) is 1. The molecule has 1 heterocycles. The van der Waals surface area contributed by atoms with Crippen LogP contribution in [0.25, 0.3) is 0 Å². The molecule has 0 aromatic heterocycles. The van der Waals surface area contributed by atoms with Gasteiger partial charge >= 0.3 is 0 Å². The quantitative estimate of drug-likeness (QED) is 0.908. The Morgan fingerprint density at radius 1 is 1.43 bits per heavy atom. The van der Waals surface area contributed by atoms with Crippen molar-refractivity contribution < 1.29 is 9.18 Å². The Labute approximate surface area is 124 Å². The van der Waals surface area contributed by atoms with E-state index in [2.05, 4.69) is 10.2 Å². The predicted molar refractivity (Wildman–Crippen MR) is 79.5 cm³/mol. The number of rotatable bonds is 3. The number of carbonyl (C=O) groups is 1. The van der Waals surface area contributed by atoms with Gasteiger partial charge in [0.15, 0.2) is 0 Å². The molecule has 21 heavy (non-hydrogen) atoms. The van der Waals surface area contributed by atoms with Gasteiger partial charge in [-0.15, -0.1) is 0 Å². The summed E-state index contributed by atoms with van der Waals surface area (Å²) in [5, 5.41) is 3.25. The number of nitrogens with one attached hydrogen (secondary N) is 1. The standard InChI is InChI=1S/C16H22FN3O/c1-19(11-16(21)20-9-7-18-8-10-20)15-6-5-12-13(15)3-2-4-14(12)17/h2-4,15,18H,5-11H2,1H3. The number of nitrogens with zero attached hydrogens (tertiary/aromatic N) is 2. The van der Waals surface area contributed by atoms with Gasteiger partial charge in [-0.2, -0.15) is 0 Å². The molecule has 5 heteroatoms. The van der Waals surface area contributed by atoms with Crippen molar-refractivity contribution in [3.05, 3.63) is 35.1 Å². The van der Waals surface area contributed by atoms with Crippen molar-refractivity contribution in [1.29, 1.82) is 0 Å². The van der Waals surface area contributed by atoms with Gasteiger partial charge in [0.2, 0.25) is 5.91 Å². The second-order valence-corrected chi connectivity index (χ2v) is 5.91. The van der Waals surface area contributed by atoms with Gasteiger partial charge in [-0.05, 0) is 37.1 Å². The first-order chi connectivity index (χ1) is 10.2. The molecule has 1 fully saturated rings. The summed E-state index contributed by atoms with van der Waals surface area (Å²) in [4.78, 5) is 16.3. The number of benzene rings is 1. The Bertz CT molecular complexity index is 528. The average Bonchev–Trinajstić information content (AvgIpc) is 2.93. The van der Waals surface area contributed by atoms with Crippen LogP contribution < -0.4 is 5.32 Å². The zero-order valence-electron chi connectivity index (χ0n) is 12.4. The molecule has 0 radical (unpaired) electrons. The molecule has 1 amide bonds. The monoisotopic (exact) mass is 291 g/mol. The average molecular weight is 291 g/mol. The zero-order valence-corrected chi connectivity index (χ0v) is 12.4. The number of halogens is 1. The normalized spacial score (nSPS) is 21.7. The second-order valence-electron chi connectivity index (χ2n) is 5.91. The SMILES string of the molecule is CN(CC(=O)N1CCNCC1)C1CCc2c(F)cccc21. The number of carbonyl (C=O) groups excluding carboxylic acids is 1. The Morgan fingerprint density at radius 3 is 2.95 bits per heavy atom. The van der Waals surface area contributed by atoms with E-state index in [9.17, 15) is 9.18 Å². The lowest BCUT2D eigenvalue weighted by atomic mass is 10.1. The van der Waals surface area contributed by atoms with Gasteiger partial charge in [0.25, 0.3) is 0 Å². The molecule has 4 nitrogen and oxygen atoms in total. The fourth-order valence-corrected chi connectivity index (χ4v) is 3.38. The van der Waals surface area contributed by atoms with Crippen LogP contribution in [-0.4, -0.2) is 55.5 Å². The van der Waals surface area contributed by atoms with Crippen molar-refractivity contribution >= 4 is 5.91 Å². The Morgan fingerprint density at radius 2 is 2.19 bits per heavy atom. The summed E-state index contributed by atoms with van der Waals surface area (Å²) in [5.41, 5.74) is 1.87. The second kappa shape index (κ2) is 6.12. The van der Waals surface area contributed by atoms with E-state index < -0.39 is 0 Å². The predicted octanol–water partition coefficient (Wildman–Crippen LogP) is 1.18. The van der Waals surface area contributed by atoms with Crippen LogP contribution in [0.2, 0.25) is 0 Å². The molecule has 0 bridgehead atoms. The highest BCUT2D eigenvalue weighted by Crippen LogP contribution is 2.36. The third kappa shape index (κ3) is 2.94. The highest BCUT2D eigenvalue weighted by Gasteiger charge is 2.29. The highest BCUT2D eigenvalue weighted by atomic mass is 19.1. The molecule has 1 aromatic rings. The summed E-state index contributed by atoms with van der Waals surface area (Å²) in [6.45, 7) is 3.70. The van der Waals surface area contributed by atoms with E-state index in [4.69, 9.17) is 0 Å². The van der Waals surface area contributed by atoms with Gasteiger partial charge in [0.1, 0.15) is 5.82 Å². The summed E-state index contributed by atoms with van der Waals surface area (Å²) >= 11 is 0. The molecule has 0 saturated carbocycles. The highest BCUT2D eigenvalue weighted by molar-refractivity contribution is 5.78. The number of hydrogen-bond acceptors (Lipinski definition) is 3. The molecule has 1 unspecified atom stereocenters. The van der Waals surface area contributed by atoms with Crippen LogP contribution in [0.3, 0.4) is 0 Å². The van der Waals surface area contributed by atoms with Crippen molar-refractivity contribution in [2.45, 2.75) is 18.9 Å². The fourth-order valence-electron chi connectivity index (χ4n) is 3.38. The van der Waals surface area contributed by atoms with Gasteiger partial charge in [0, 0.05) is 32.2 Å². The molecule has 1 atom stereocenters. The molecule has 2 aliphatic rings. The van der Waals surface area contributed by atoms with Crippen molar-refractivity contribution in [3.8, 4) is 0 Å². The molecule has 1 aliphatic carbocycles. The van der Waals surface area contributed by atoms with Crippen LogP contribution in [0.1, 0.15) is 23.6 Å². The molecular formula is C16H22FN3O. The largest absolute Gasteiger partial charge is 0.339 e. The lowest BCUT2D eigenvalue weighted by molar-refractivity contribution is -0.133. The maximum absolute atomic E-state index is 13.8.